The van der Waals surface area contributed by atoms with E-state index in [0.29, 0.717) is 12.3 Å². The molecule has 0 amide bonds. The molecule has 0 aromatic rings. The standard InChI is InChI=1S/C8H16O2.Co.Mn/c1-7(2)5-3-4-6-8(9)10;;/h7H,3-6H2,1-2H3,(H,9,10);;. The predicted molar refractivity (Wildman–Crippen MR) is 40.9 cm³/mol. The van der Waals surface area contributed by atoms with Crippen molar-refractivity contribution in [2.45, 2.75) is 39.5 Å². The Labute approximate surface area is 95.2 Å². The summed E-state index contributed by atoms with van der Waals surface area (Å²) in [5, 5.41) is 8.28. The minimum atomic E-state index is -0.677. The molecule has 2 nitrogen and oxygen atoms in total. The molecule has 0 atom stereocenters. The van der Waals surface area contributed by atoms with Gasteiger partial charge in [0.1, 0.15) is 0 Å². The van der Waals surface area contributed by atoms with Crippen LogP contribution in [0.25, 0.3) is 0 Å². The van der Waals surface area contributed by atoms with E-state index in [4.69, 9.17) is 5.11 Å². The Hall–Kier alpha value is 0.496. The van der Waals surface area contributed by atoms with Crippen molar-refractivity contribution in [1.82, 2.24) is 0 Å². The summed E-state index contributed by atoms with van der Waals surface area (Å²) in [6.45, 7) is 4.31. The van der Waals surface area contributed by atoms with Gasteiger partial charge in [-0.1, -0.05) is 26.7 Å². The summed E-state index contributed by atoms with van der Waals surface area (Å²) < 4.78 is 0. The molecule has 0 bridgehead atoms. The third kappa shape index (κ3) is 16.8. The molecule has 1 N–H and O–H groups in total. The minimum Gasteiger partial charge on any atom is -0.481 e. The third-order valence-corrected chi connectivity index (χ3v) is 1.42. The Kier molecular flexibility index (Phi) is 17.5. The molecule has 0 heterocycles. The van der Waals surface area contributed by atoms with Gasteiger partial charge in [-0.05, 0) is 12.3 Å². The number of carbonyl (C=O) groups is 1. The van der Waals surface area contributed by atoms with Gasteiger partial charge in [-0.15, -0.1) is 0 Å². The zero-order valence-electron chi connectivity index (χ0n) is 7.47. The van der Waals surface area contributed by atoms with E-state index in [2.05, 4.69) is 13.8 Å². The maximum Gasteiger partial charge on any atom is 0.303 e. The van der Waals surface area contributed by atoms with Gasteiger partial charge >= 0.3 is 5.97 Å². The Bertz CT molecular complexity index is 107. The van der Waals surface area contributed by atoms with Crippen LogP contribution < -0.4 is 0 Å². The average molecular weight is 258 g/mol. The second kappa shape index (κ2) is 11.5. The Morgan fingerprint density at radius 1 is 1.33 bits per heavy atom. The van der Waals surface area contributed by atoms with Crippen LogP contribution in [0.5, 0.6) is 0 Å². The van der Waals surface area contributed by atoms with Gasteiger partial charge in [-0.2, -0.15) is 0 Å². The molecule has 4 heteroatoms. The van der Waals surface area contributed by atoms with Gasteiger partial charge in [0.15, 0.2) is 0 Å². The van der Waals surface area contributed by atoms with Crippen molar-refractivity contribution in [3.05, 3.63) is 0 Å². The molecule has 0 fully saturated rings. The van der Waals surface area contributed by atoms with Crippen LogP contribution in [-0.2, 0) is 38.6 Å². The number of rotatable bonds is 5. The van der Waals surface area contributed by atoms with E-state index in [1.165, 1.54) is 0 Å². The Morgan fingerprint density at radius 3 is 2.17 bits per heavy atom. The van der Waals surface area contributed by atoms with Gasteiger partial charge in [0.05, 0.1) is 0 Å². The van der Waals surface area contributed by atoms with E-state index in [1.807, 2.05) is 0 Å². The van der Waals surface area contributed by atoms with Crippen molar-refractivity contribution in [1.29, 1.82) is 0 Å². The van der Waals surface area contributed by atoms with Crippen molar-refractivity contribution in [3.8, 4) is 0 Å². The van der Waals surface area contributed by atoms with Gasteiger partial charge in [0, 0.05) is 40.3 Å². The summed E-state index contributed by atoms with van der Waals surface area (Å²) in [5.41, 5.74) is 0. The fourth-order valence-corrected chi connectivity index (χ4v) is 0.829. The first kappa shape index (κ1) is 18.3. The molecule has 0 unspecified atom stereocenters. The number of carboxylic acids is 1. The molecule has 76 valence electrons. The van der Waals surface area contributed by atoms with Crippen LogP contribution in [-0.4, -0.2) is 11.1 Å². The molecule has 0 aromatic carbocycles. The SMILES string of the molecule is CC(C)CCCCC(=O)O.[Co].[Mn]. The van der Waals surface area contributed by atoms with Crippen LogP contribution in [0.3, 0.4) is 0 Å². The van der Waals surface area contributed by atoms with E-state index in [1.54, 1.807) is 0 Å². The van der Waals surface area contributed by atoms with Gasteiger partial charge in [0.25, 0.3) is 0 Å². The second-order valence-electron chi connectivity index (χ2n) is 3.03. The molecular weight excluding hydrogens is 242 g/mol. The first-order valence-electron chi connectivity index (χ1n) is 3.84. The predicted octanol–water partition coefficient (Wildman–Crippen LogP) is 2.28. The summed E-state index contributed by atoms with van der Waals surface area (Å²) in [7, 11) is 0. The van der Waals surface area contributed by atoms with E-state index in [9.17, 15) is 4.79 Å². The average Bonchev–Trinajstić information content (AvgIpc) is 1.79. The summed E-state index contributed by atoms with van der Waals surface area (Å²) in [6.07, 6.45) is 3.34. The van der Waals surface area contributed by atoms with Crippen molar-refractivity contribution < 1.29 is 43.7 Å². The number of aliphatic carboxylic acids is 1. The van der Waals surface area contributed by atoms with E-state index in [-0.39, 0.29) is 33.8 Å². The van der Waals surface area contributed by atoms with Crippen molar-refractivity contribution in [2.24, 2.45) is 5.92 Å². The number of carboxylic acid groups (broad SMARTS) is 1. The van der Waals surface area contributed by atoms with Gasteiger partial charge in [0.2, 0.25) is 0 Å². The van der Waals surface area contributed by atoms with Crippen LogP contribution >= 0.6 is 0 Å². The maximum atomic E-state index is 10.0. The van der Waals surface area contributed by atoms with Gasteiger partial charge in [-0.3, -0.25) is 4.79 Å². The zero-order chi connectivity index (χ0) is 7.98. The molecule has 0 saturated carbocycles. The third-order valence-electron chi connectivity index (χ3n) is 1.42. The van der Waals surface area contributed by atoms with E-state index >= 15 is 0 Å². The molecule has 0 aliphatic rings. The maximum absolute atomic E-state index is 10.0. The van der Waals surface area contributed by atoms with Crippen LogP contribution in [0.2, 0.25) is 0 Å². The van der Waals surface area contributed by atoms with Crippen molar-refractivity contribution in [3.63, 3.8) is 0 Å². The summed E-state index contributed by atoms with van der Waals surface area (Å²) in [5.74, 6) is 0.0255. The quantitative estimate of drug-likeness (QED) is 0.606. The first-order valence-corrected chi connectivity index (χ1v) is 3.84. The van der Waals surface area contributed by atoms with Crippen LogP contribution in [0, 0.1) is 5.92 Å². The molecule has 0 aliphatic heterocycles. The van der Waals surface area contributed by atoms with Gasteiger partial charge in [-0.25, -0.2) is 0 Å². The Morgan fingerprint density at radius 2 is 1.83 bits per heavy atom. The van der Waals surface area contributed by atoms with Crippen LogP contribution in [0.15, 0.2) is 0 Å². The summed E-state index contributed by atoms with van der Waals surface area (Å²) >= 11 is 0. The number of unbranched alkanes of at least 4 members (excludes halogenated alkanes) is 1. The number of hydrogen-bond acceptors (Lipinski definition) is 1. The smallest absolute Gasteiger partial charge is 0.303 e. The second-order valence-corrected chi connectivity index (χ2v) is 3.03. The normalized spacial score (nSPS) is 8.58. The monoisotopic (exact) mass is 258 g/mol. The molecule has 0 spiro atoms. The summed E-state index contributed by atoms with van der Waals surface area (Å²) in [4.78, 5) is 10.0. The molecular formula is C8H16CoMnO2. The van der Waals surface area contributed by atoms with Crippen LogP contribution in [0.1, 0.15) is 39.5 Å². The Balaban J connectivity index is -0.000000405. The number of hydrogen-bond donors (Lipinski definition) is 1. The molecule has 0 aromatic heterocycles. The fraction of sp³-hybridized carbons (Fsp3) is 0.875. The van der Waals surface area contributed by atoms with Gasteiger partial charge < -0.3 is 5.11 Å². The summed E-state index contributed by atoms with van der Waals surface area (Å²) in [6, 6.07) is 0. The molecule has 2 radical (unpaired) electrons. The largest absolute Gasteiger partial charge is 0.481 e. The fourth-order valence-electron chi connectivity index (χ4n) is 0.829. The molecule has 0 saturated heterocycles. The van der Waals surface area contributed by atoms with Crippen molar-refractivity contribution >= 4 is 5.97 Å². The van der Waals surface area contributed by atoms with Crippen LogP contribution in [0.4, 0.5) is 0 Å². The zero-order valence-corrected chi connectivity index (χ0v) is 9.69. The first-order chi connectivity index (χ1) is 4.63. The molecule has 0 aliphatic carbocycles. The van der Waals surface area contributed by atoms with Crippen molar-refractivity contribution in [2.75, 3.05) is 0 Å². The minimum absolute atomic E-state index is 0. The topological polar surface area (TPSA) is 37.3 Å². The van der Waals surface area contributed by atoms with E-state index < -0.39 is 5.97 Å². The molecule has 0 rings (SSSR count). The van der Waals surface area contributed by atoms with E-state index in [0.717, 1.165) is 19.3 Å². The molecule has 12 heavy (non-hydrogen) atoms.